The Morgan fingerprint density at radius 1 is 0.900 bits per heavy atom. The minimum absolute atomic E-state index is 0.0964. The molecule has 3 nitrogen and oxygen atoms in total. The summed E-state index contributed by atoms with van der Waals surface area (Å²) < 4.78 is 9.82. The predicted molar refractivity (Wildman–Crippen MR) is 83.8 cm³/mol. The van der Waals surface area contributed by atoms with Gasteiger partial charge in [-0.1, -0.05) is 51.2 Å². The summed E-state index contributed by atoms with van der Waals surface area (Å²) >= 11 is 0. The van der Waals surface area contributed by atoms with E-state index in [9.17, 15) is 4.79 Å². The molecule has 0 radical (unpaired) electrons. The van der Waals surface area contributed by atoms with Crippen molar-refractivity contribution in [1.82, 2.24) is 0 Å². The zero-order chi connectivity index (χ0) is 14.9. The molecule has 3 heteroatoms. The van der Waals surface area contributed by atoms with Gasteiger partial charge < -0.3 is 9.47 Å². The van der Waals surface area contributed by atoms with E-state index in [-0.39, 0.29) is 5.97 Å². The third kappa shape index (κ3) is 15.2. The van der Waals surface area contributed by atoms with Crippen molar-refractivity contribution in [2.75, 3.05) is 20.3 Å². The van der Waals surface area contributed by atoms with E-state index >= 15 is 0 Å². The lowest BCUT2D eigenvalue weighted by Crippen LogP contribution is -2.09. The number of rotatable bonds is 14. The van der Waals surface area contributed by atoms with Crippen LogP contribution in [0.15, 0.2) is 12.2 Å². The van der Waals surface area contributed by atoms with Crippen LogP contribution >= 0.6 is 0 Å². The second-order valence-electron chi connectivity index (χ2n) is 5.13. The molecule has 0 bridgehead atoms. The first-order valence-electron chi connectivity index (χ1n) is 8.10. The summed E-state index contributed by atoms with van der Waals surface area (Å²) in [5.74, 6) is -0.0964. The Kier molecular flexibility index (Phi) is 15.6. The first-order valence-corrected chi connectivity index (χ1v) is 8.10. The molecular formula is C17H32O3. The lowest BCUT2D eigenvalue weighted by atomic mass is 10.1. The van der Waals surface area contributed by atoms with E-state index in [2.05, 4.69) is 19.1 Å². The van der Waals surface area contributed by atoms with E-state index in [4.69, 9.17) is 9.47 Å². The van der Waals surface area contributed by atoms with Gasteiger partial charge in [0.25, 0.3) is 0 Å². The third-order valence-corrected chi connectivity index (χ3v) is 3.19. The number of ether oxygens (including phenoxy) is 2. The molecule has 0 heterocycles. The third-order valence-electron chi connectivity index (χ3n) is 3.19. The summed E-state index contributed by atoms with van der Waals surface area (Å²) in [7, 11) is 1.60. The molecule has 0 rings (SSSR count). The van der Waals surface area contributed by atoms with E-state index < -0.39 is 0 Å². The highest BCUT2D eigenvalue weighted by molar-refractivity contribution is 5.69. The van der Waals surface area contributed by atoms with Crippen LogP contribution in [0.1, 0.15) is 71.1 Å². The number of carbonyl (C=O) groups excluding carboxylic acids is 1. The second-order valence-corrected chi connectivity index (χ2v) is 5.13. The highest BCUT2D eigenvalue weighted by Gasteiger charge is 2.01. The van der Waals surface area contributed by atoms with Gasteiger partial charge in [0, 0.05) is 13.5 Å². The summed E-state index contributed by atoms with van der Waals surface area (Å²) in [4.78, 5) is 11.3. The maximum Gasteiger partial charge on any atom is 0.305 e. The van der Waals surface area contributed by atoms with Gasteiger partial charge in [0.2, 0.25) is 0 Å². The lowest BCUT2D eigenvalue weighted by molar-refractivity contribution is -0.145. The van der Waals surface area contributed by atoms with E-state index in [0.717, 1.165) is 12.8 Å². The summed E-state index contributed by atoms with van der Waals surface area (Å²) in [6, 6.07) is 0. The van der Waals surface area contributed by atoms with Crippen LogP contribution in [0, 0.1) is 0 Å². The highest BCUT2D eigenvalue weighted by atomic mass is 16.6. The number of carbonyl (C=O) groups is 1. The number of esters is 1. The van der Waals surface area contributed by atoms with Crippen molar-refractivity contribution in [3.8, 4) is 0 Å². The van der Waals surface area contributed by atoms with Gasteiger partial charge in [-0.3, -0.25) is 4.79 Å². The molecule has 0 aromatic carbocycles. The summed E-state index contributed by atoms with van der Waals surface area (Å²) in [6.45, 7) is 3.08. The van der Waals surface area contributed by atoms with Crippen LogP contribution in [0.3, 0.4) is 0 Å². The molecule has 0 spiro atoms. The normalized spacial score (nSPS) is 11.1. The van der Waals surface area contributed by atoms with Crippen LogP contribution in [-0.2, 0) is 14.3 Å². The van der Waals surface area contributed by atoms with Crippen molar-refractivity contribution >= 4 is 5.97 Å². The summed E-state index contributed by atoms with van der Waals surface area (Å²) in [5, 5.41) is 0. The molecular weight excluding hydrogens is 252 g/mol. The van der Waals surface area contributed by atoms with Crippen molar-refractivity contribution in [1.29, 1.82) is 0 Å². The minimum atomic E-state index is -0.0964. The van der Waals surface area contributed by atoms with Crippen molar-refractivity contribution in [2.45, 2.75) is 71.1 Å². The maximum atomic E-state index is 11.3. The average Bonchev–Trinajstić information content (AvgIpc) is 2.45. The van der Waals surface area contributed by atoms with E-state index in [1.165, 1.54) is 44.9 Å². The lowest BCUT2D eigenvalue weighted by Gasteiger charge is -2.03. The number of hydrogen-bond donors (Lipinski definition) is 0. The molecule has 0 aliphatic heterocycles. The maximum absolute atomic E-state index is 11.3. The van der Waals surface area contributed by atoms with E-state index in [1.54, 1.807) is 7.11 Å². The first-order chi connectivity index (χ1) is 9.81. The Bertz CT molecular complexity index is 236. The van der Waals surface area contributed by atoms with Crippen LogP contribution in [0.4, 0.5) is 0 Å². The number of hydrogen-bond acceptors (Lipinski definition) is 3. The molecule has 0 aromatic heterocycles. The fourth-order valence-corrected chi connectivity index (χ4v) is 1.93. The Labute approximate surface area is 124 Å². The van der Waals surface area contributed by atoms with Gasteiger partial charge in [0.15, 0.2) is 0 Å². The van der Waals surface area contributed by atoms with Crippen LogP contribution in [-0.4, -0.2) is 26.3 Å². The quantitative estimate of drug-likeness (QED) is 0.264. The van der Waals surface area contributed by atoms with Gasteiger partial charge in [0.05, 0.1) is 6.61 Å². The molecule has 0 amide bonds. The molecule has 0 aliphatic carbocycles. The van der Waals surface area contributed by atoms with Gasteiger partial charge in [-0.25, -0.2) is 0 Å². The molecule has 20 heavy (non-hydrogen) atoms. The molecule has 0 saturated heterocycles. The molecule has 0 fully saturated rings. The van der Waals surface area contributed by atoms with Crippen molar-refractivity contribution < 1.29 is 14.3 Å². The van der Waals surface area contributed by atoms with Gasteiger partial charge in [-0.05, 0) is 25.7 Å². The first kappa shape index (κ1) is 19.2. The molecule has 0 saturated carbocycles. The number of unbranched alkanes of at least 4 members (excludes halogenated alkanes) is 7. The Balaban J connectivity index is 3.16. The Morgan fingerprint density at radius 3 is 2.25 bits per heavy atom. The molecule has 0 atom stereocenters. The second kappa shape index (κ2) is 16.2. The van der Waals surface area contributed by atoms with Crippen LogP contribution in [0.5, 0.6) is 0 Å². The Hall–Kier alpha value is -0.830. The zero-order valence-electron chi connectivity index (χ0n) is 13.4. The van der Waals surface area contributed by atoms with Gasteiger partial charge in [0.1, 0.15) is 6.61 Å². The van der Waals surface area contributed by atoms with E-state index in [1.807, 2.05) is 0 Å². The molecule has 0 unspecified atom stereocenters. The standard InChI is InChI=1S/C17H32O3/c1-3-4-5-6-7-8-9-10-11-12-13-14-17(18)20-16-15-19-2/h6-7H,3-5,8-16H2,1-2H3. The molecule has 0 aromatic rings. The predicted octanol–water partition coefficient (Wildman–Crippen LogP) is 4.65. The van der Waals surface area contributed by atoms with Crippen LogP contribution in [0.25, 0.3) is 0 Å². The minimum Gasteiger partial charge on any atom is -0.463 e. The summed E-state index contributed by atoms with van der Waals surface area (Å²) in [5.41, 5.74) is 0. The highest BCUT2D eigenvalue weighted by Crippen LogP contribution is 2.08. The largest absolute Gasteiger partial charge is 0.463 e. The topological polar surface area (TPSA) is 35.5 Å². The average molecular weight is 284 g/mol. The SMILES string of the molecule is CCCCC=CCCCCCCCC(=O)OCCOC. The van der Waals surface area contributed by atoms with Crippen molar-refractivity contribution in [3.05, 3.63) is 12.2 Å². The van der Waals surface area contributed by atoms with Crippen LogP contribution in [0.2, 0.25) is 0 Å². The Morgan fingerprint density at radius 2 is 1.55 bits per heavy atom. The molecule has 0 aliphatic rings. The summed E-state index contributed by atoms with van der Waals surface area (Å²) in [6.07, 6.45) is 16.0. The zero-order valence-corrected chi connectivity index (χ0v) is 13.4. The van der Waals surface area contributed by atoms with Crippen LogP contribution < -0.4 is 0 Å². The number of allylic oxidation sites excluding steroid dienone is 2. The van der Waals surface area contributed by atoms with Crippen molar-refractivity contribution in [3.63, 3.8) is 0 Å². The van der Waals surface area contributed by atoms with Gasteiger partial charge in [-0.2, -0.15) is 0 Å². The van der Waals surface area contributed by atoms with Gasteiger partial charge in [-0.15, -0.1) is 0 Å². The fourth-order valence-electron chi connectivity index (χ4n) is 1.93. The fraction of sp³-hybridized carbons (Fsp3) is 0.824. The van der Waals surface area contributed by atoms with E-state index in [0.29, 0.717) is 19.6 Å². The molecule has 118 valence electrons. The van der Waals surface area contributed by atoms with Crippen molar-refractivity contribution in [2.24, 2.45) is 0 Å². The smallest absolute Gasteiger partial charge is 0.305 e. The number of methoxy groups -OCH3 is 1. The van der Waals surface area contributed by atoms with Gasteiger partial charge >= 0.3 is 5.97 Å². The molecule has 0 N–H and O–H groups in total. The monoisotopic (exact) mass is 284 g/mol.